The zero-order valence-corrected chi connectivity index (χ0v) is 11.3. The lowest BCUT2D eigenvalue weighted by Gasteiger charge is -2.37. The summed E-state index contributed by atoms with van der Waals surface area (Å²) in [6, 6.07) is 8.52. The van der Waals surface area contributed by atoms with Gasteiger partial charge in [0.1, 0.15) is 5.75 Å². The van der Waals surface area contributed by atoms with Gasteiger partial charge in [0.2, 0.25) is 0 Å². The smallest absolute Gasteiger partial charge is 0.120 e. The number of ether oxygens (including phenoxy) is 1. The molecule has 0 bridgehead atoms. The Hall–Kier alpha value is -1.06. The summed E-state index contributed by atoms with van der Waals surface area (Å²) in [6.07, 6.45) is 3.17. The van der Waals surface area contributed by atoms with Gasteiger partial charge in [-0.05, 0) is 32.4 Å². The van der Waals surface area contributed by atoms with Crippen LogP contribution in [0.15, 0.2) is 24.3 Å². The summed E-state index contributed by atoms with van der Waals surface area (Å²) in [6.45, 7) is 3.88. The van der Waals surface area contributed by atoms with Gasteiger partial charge in [0.05, 0.1) is 0 Å². The Morgan fingerprint density at radius 3 is 2.61 bits per heavy atom. The Balaban J connectivity index is 2.14. The zero-order chi connectivity index (χ0) is 13.0. The molecule has 0 aliphatic carbocycles. The Bertz CT molecular complexity index is 375. The molecule has 1 aliphatic rings. The molecule has 3 heteroatoms. The molecule has 3 nitrogen and oxygen atoms in total. The van der Waals surface area contributed by atoms with Crippen molar-refractivity contribution < 1.29 is 9.84 Å². The maximum atomic E-state index is 10.0. The van der Waals surface area contributed by atoms with Gasteiger partial charge >= 0.3 is 0 Å². The van der Waals surface area contributed by atoms with Crippen LogP contribution in [0, 0.1) is 0 Å². The van der Waals surface area contributed by atoms with E-state index in [0.29, 0.717) is 11.8 Å². The SMILES string of the molecule is CCC(c1ccccc1O)N(C)C1CCOCC1. The van der Waals surface area contributed by atoms with Crippen LogP contribution in [-0.2, 0) is 4.74 Å². The predicted molar refractivity (Wildman–Crippen MR) is 72.7 cm³/mol. The summed E-state index contributed by atoms with van der Waals surface area (Å²) >= 11 is 0. The molecule has 0 spiro atoms. The van der Waals surface area contributed by atoms with Crippen molar-refractivity contribution in [2.75, 3.05) is 20.3 Å². The van der Waals surface area contributed by atoms with Crippen LogP contribution in [0.2, 0.25) is 0 Å². The van der Waals surface area contributed by atoms with Gasteiger partial charge in [-0.2, -0.15) is 0 Å². The predicted octanol–water partition coefficient (Wildman–Crippen LogP) is 2.95. The quantitative estimate of drug-likeness (QED) is 0.890. The summed E-state index contributed by atoms with van der Waals surface area (Å²) in [7, 11) is 2.16. The second kappa shape index (κ2) is 6.21. The van der Waals surface area contributed by atoms with E-state index >= 15 is 0 Å². The summed E-state index contributed by atoms with van der Waals surface area (Å²) in [5.74, 6) is 0.406. The summed E-state index contributed by atoms with van der Waals surface area (Å²) in [5.41, 5.74) is 1.04. The topological polar surface area (TPSA) is 32.7 Å². The lowest BCUT2D eigenvalue weighted by atomic mass is 9.98. The number of rotatable bonds is 4. The molecule has 1 N–H and O–H groups in total. The van der Waals surface area contributed by atoms with Crippen molar-refractivity contribution in [1.29, 1.82) is 0 Å². The Morgan fingerprint density at radius 1 is 1.33 bits per heavy atom. The molecule has 1 heterocycles. The molecular weight excluding hydrogens is 226 g/mol. The van der Waals surface area contributed by atoms with Gasteiger partial charge < -0.3 is 9.84 Å². The number of para-hydroxylation sites is 1. The molecule has 1 fully saturated rings. The summed E-state index contributed by atoms with van der Waals surface area (Å²) in [5, 5.41) is 10.0. The van der Waals surface area contributed by atoms with E-state index in [1.54, 1.807) is 6.07 Å². The van der Waals surface area contributed by atoms with E-state index < -0.39 is 0 Å². The molecular formula is C15H23NO2. The average molecular weight is 249 g/mol. The highest BCUT2D eigenvalue weighted by Crippen LogP contribution is 2.32. The fourth-order valence-electron chi connectivity index (χ4n) is 2.84. The first-order valence-electron chi connectivity index (χ1n) is 6.81. The monoisotopic (exact) mass is 249 g/mol. The average Bonchev–Trinajstić information content (AvgIpc) is 2.42. The van der Waals surface area contributed by atoms with E-state index in [-0.39, 0.29) is 6.04 Å². The van der Waals surface area contributed by atoms with Crippen molar-refractivity contribution in [3.8, 4) is 5.75 Å². The van der Waals surface area contributed by atoms with E-state index in [0.717, 1.165) is 38.0 Å². The first-order chi connectivity index (χ1) is 8.74. The molecule has 0 saturated carbocycles. The number of nitrogens with zero attached hydrogens (tertiary/aromatic N) is 1. The normalized spacial score (nSPS) is 19.1. The molecule has 1 aromatic rings. The van der Waals surface area contributed by atoms with Crippen molar-refractivity contribution in [3.05, 3.63) is 29.8 Å². The van der Waals surface area contributed by atoms with Crippen LogP contribution in [0.4, 0.5) is 0 Å². The maximum absolute atomic E-state index is 10.0. The lowest BCUT2D eigenvalue weighted by molar-refractivity contribution is 0.0271. The van der Waals surface area contributed by atoms with Crippen LogP contribution in [0.1, 0.15) is 37.8 Å². The minimum atomic E-state index is 0.286. The number of benzene rings is 1. The van der Waals surface area contributed by atoms with E-state index in [2.05, 4.69) is 18.9 Å². The molecule has 1 aromatic carbocycles. The summed E-state index contributed by atoms with van der Waals surface area (Å²) in [4.78, 5) is 2.40. The standard InChI is InChI=1S/C15H23NO2/c1-3-14(13-6-4-5-7-15(13)17)16(2)12-8-10-18-11-9-12/h4-7,12,14,17H,3,8-11H2,1-2H3. The molecule has 1 unspecified atom stereocenters. The molecule has 1 aliphatic heterocycles. The van der Waals surface area contributed by atoms with Gasteiger partial charge in [0.15, 0.2) is 0 Å². The number of phenolic OH excluding ortho intramolecular Hbond substituents is 1. The zero-order valence-electron chi connectivity index (χ0n) is 11.3. The maximum Gasteiger partial charge on any atom is 0.120 e. The Morgan fingerprint density at radius 2 is 2.00 bits per heavy atom. The van der Waals surface area contributed by atoms with Crippen molar-refractivity contribution in [2.45, 2.75) is 38.3 Å². The van der Waals surface area contributed by atoms with Gasteiger partial charge in [-0.3, -0.25) is 4.90 Å². The number of aromatic hydroxyl groups is 1. The fraction of sp³-hybridized carbons (Fsp3) is 0.600. The largest absolute Gasteiger partial charge is 0.508 e. The molecule has 0 radical (unpaired) electrons. The van der Waals surface area contributed by atoms with Gasteiger partial charge in [-0.15, -0.1) is 0 Å². The minimum Gasteiger partial charge on any atom is -0.508 e. The first kappa shape index (κ1) is 13.4. The van der Waals surface area contributed by atoms with Gasteiger partial charge in [-0.25, -0.2) is 0 Å². The highest BCUT2D eigenvalue weighted by Gasteiger charge is 2.26. The Labute approximate surface area is 109 Å². The van der Waals surface area contributed by atoms with Gasteiger partial charge in [0, 0.05) is 30.9 Å². The third-order valence-electron chi connectivity index (χ3n) is 3.94. The van der Waals surface area contributed by atoms with E-state index in [4.69, 9.17) is 4.74 Å². The molecule has 1 atom stereocenters. The molecule has 1 saturated heterocycles. The highest BCUT2D eigenvalue weighted by atomic mass is 16.5. The van der Waals surface area contributed by atoms with Crippen LogP contribution in [0.3, 0.4) is 0 Å². The van der Waals surface area contributed by atoms with Gasteiger partial charge in [0.25, 0.3) is 0 Å². The van der Waals surface area contributed by atoms with E-state index in [9.17, 15) is 5.11 Å². The lowest BCUT2D eigenvalue weighted by Crippen LogP contribution is -2.39. The number of hydrogen-bond donors (Lipinski definition) is 1. The minimum absolute atomic E-state index is 0.286. The first-order valence-corrected chi connectivity index (χ1v) is 6.81. The molecule has 0 aromatic heterocycles. The third-order valence-corrected chi connectivity index (χ3v) is 3.94. The van der Waals surface area contributed by atoms with Crippen molar-refractivity contribution in [3.63, 3.8) is 0 Å². The second-order valence-corrected chi connectivity index (χ2v) is 4.99. The number of phenols is 1. The Kier molecular flexibility index (Phi) is 4.61. The summed E-state index contributed by atoms with van der Waals surface area (Å²) < 4.78 is 5.42. The van der Waals surface area contributed by atoms with E-state index in [1.165, 1.54) is 0 Å². The second-order valence-electron chi connectivity index (χ2n) is 4.99. The van der Waals surface area contributed by atoms with Crippen LogP contribution < -0.4 is 0 Å². The highest BCUT2D eigenvalue weighted by molar-refractivity contribution is 5.34. The number of hydrogen-bond acceptors (Lipinski definition) is 3. The van der Waals surface area contributed by atoms with Crippen LogP contribution in [0.5, 0.6) is 5.75 Å². The molecule has 0 amide bonds. The molecule has 2 rings (SSSR count). The van der Waals surface area contributed by atoms with Crippen LogP contribution in [0.25, 0.3) is 0 Å². The molecule has 100 valence electrons. The third kappa shape index (κ3) is 2.85. The van der Waals surface area contributed by atoms with Crippen LogP contribution in [-0.4, -0.2) is 36.3 Å². The van der Waals surface area contributed by atoms with Crippen molar-refractivity contribution >= 4 is 0 Å². The fourth-order valence-corrected chi connectivity index (χ4v) is 2.84. The van der Waals surface area contributed by atoms with Crippen LogP contribution >= 0.6 is 0 Å². The van der Waals surface area contributed by atoms with Gasteiger partial charge in [-0.1, -0.05) is 25.1 Å². The van der Waals surface area contributed by atoms with Crippen molar-refractivity contribution in [1.82, 2.24) is 4.90 Å². The van der Waals surface area contributed by atoms with E-state index in [1.807, 2.05) is 18.2 Å². The molecule has 18 heavy (non-hydrogen) atoms. The van der Waals surface area contributed by atoms with Crippen molar-refractivity contribution in [2.24, 2.45) is 0 Å².